The Morgan fingerprint density at radius 3 is 2.22 bits per heavy atom. The third-order valence-corrected chi connectivity index (χ3v) is 10.1. The van der Waals surface area contributed by atoms with E-state index in [1.165, 1.54) is 21.4 Å². The number of fused-ring (bicyclic) bond motifs is 1. The molecule has 0 spiro atoms. The molecule has 0 amide bonds. The zero-order valence-electron chi connectivity index (χ0n) is 21.3. The Labute approximate surface area is 227 Å². The Balaban J connectivity index is 0.000000170. The number of nitrogens with one attached hydrogen (secondary N) is 2. The van der Waals surface area contributed by atoms with Crippen LogP contribution >= 0.6 is 34.3 Å². The number of hydrogen-bond donors (Lipinski definition) is 2. The van der Waals surface area contributed by atoms with Gasteiger partial charge in [0.25, 0.3) is 0 Å². The smallest absolute Gasteiger partial charge is 0.181 e. The fourth-order valence-corrected chi connectivity index (χ4v) is 8.09. The van der Waals surface area contributed by atoms with E-state index in [4.69, 9.17) is 11.6 Å². The van der Waals surface area contributed by atoms with Crippen molar-refractivity contribution in [3.8, 4) is 0 Å². The molecule has 1 aromatic carbocycles. The summed E-state index contributed by atoms with van der Waals surface area (Å²) >= 11 is 9.19. The third-order valence-electron chi connectivity index (χ3n) is 7.61. The number of thiophene rings is 2. The summed E-state index contributed by atoms with van der Waals surface area (Å²) in [6, 6.07) is 12.1. The van der Waals surface area contributed by atoms with Crippen LogP contribution in [-0.2, 0) is 0 Å². The van der Waals surface area contributed by atoms with Crippen LogP contribution in [0.3, 0.4) is 0 Å². The van der Waals surface area contributed by atoms with Gasteiger partial charge in [0, 0.05) is 28.6 Å². The van der Waals surface area contributed by atoms with E-state index in [2.05, 4.69) is 42.7 Å². The van der Waals surface area contributed by atoms with Crippen LogP contribution in [0.2, 0.25) is 5.02 Å². The van der Waals surface area contributed by atoms with Crippen molar-refractivity contribution in [2.45, 2.75) is 58.8 Å². The Hall–Kier alpha value is -1.57. The summed E-state index contributed by atoms with van der Waals surface area (Å²) in [5, 5.41) is 10.4. The molecule has 7 heteroatoms. The van der Waals surface area contributed by atoms with Crippen molar-refractivity contribution < 1.29 is 9.59 Å². The van der Waals surface area contributed by atoms with E-state index in [1.54, 1.807) is 11.3 Å². The van der Waals surface area contributed by atoms with Crippen molar-refractivity contribution in [3.63, 3.8) is 0 Å². The van der Waals surface area contributed by atoms with Gasteiger partial charge in [-0.3, -0.25) is 9.59 Å². The molecule has 2 N–H and O–H groups in total. The second kappa shape index (κ2) is 12.3. The van der Waals surface area contributed by atoms with Crippen LogP contribution in [0.25, 0.3) is 10.1 Å². The molecule has 2 fully saturated rings. The lowest BCUT2D eigenvalue weighted by atomic mass is 9.73. The Bertz CT molecular complexity index is 1130. The lowest BCUT2D eigenvalue weighted by Crippen LogP contribution is -2.45. The highest BCUT2D eigenvalue weighted by molar-refractivity contribution is 7.20. The maximum absolute atomic E-state index is 12.9. The monoisotopic (exact) mass is 544 g/mol. The summed E-state index contributed by atoms with van der Waals surface area (Å²) in [5.41, 5.74) is -0.378. The minimum atomic E-state index is -0.221. The minimum absolute atomic E-state index is 0.157. The standard InChI is InChI=1S/C16H19NOS.C13H18ClNOS/c1-2-7-16(8-9-17-11-16)15(18)14-10-12-5-3-4-6-13(12)19-14;1-2-5-13(6-3-7-15-9-13)12(16)11-10(14)4-8-17-11/h3-6,10,17H,2,7-9,11H2,1H3;4,8,15H,2-3,5-7,9H2,1H3. The van der Waals surface area contributed by atoms with Crippen LogP contribution < -0.4 is 10.6 Å². The molecule has 2 aromatic heterocycles. The maximum Gasteiger partial charge on any atom is 0.181 e. The number of benzene rings is 1. The first-order valence-electron chi connectivity index (χ1n) is 13.2. The van der Waals surface area contributed by atoms with Gasteiger partial charge in [-0.2, -0.15) is 0 Å². The molecule has 2 unspecified atom stereocenters. The van der Waals surface area contributed by atoms with Crippen molar-refractivity contribution in [1.29, 1.82) is 0 Å². The number of ketones is 2. The largest absolute Gasteiger partial charge is 0.316 e. The van der Waals surface area contributed by atoms with Gasteiger partial charge in [-0.05, 0) is 74.2 Å². The summed E-state index contributed by atoms with van der Waals surface area (Å²) in [6.45, 7) is 7.94. The SMILES string of the molecule is CCCC1(C(=O)c2cc3ccccc3s2)CCNC1.CCCC1(C(=O)c2sccc2Cl)CCCNC1. The average molecular weight is 545 g/mol. The van der Waals surface area contributed by atoms with Gasteiger partial charge in [0.1, 0.15) is 0 Å². The zero-order valence-corrected chi connectivity index (χ0v) is 23.7. The summed E-state index contributed by atoms with van der Waals surface area (Å²) in [5.74, 6) is 0.590. The number of hydrogen-bond acceptors (Lipinski definition) is 6. The lowest BCUT2D eigenvalue weighted by molar-refractivity contribution is 0.0722. The van der Waals surface area contributed by atoms with E-state index in [9.17, 15) is 9.59 Å². The molecule has 0 aliphatic carbocycles. The number of Topliss-reactive ketones (excluding diaryl/α,β-unsaturated/α-hetero) is 2. The Kier molecular flexibility index (Phi) is 9.40. The molecule has 194 valence electrons. The van der Waals surface area contributed by atoms with Gasteiger partial charge in [0.05, 0.1) is 14.8 Å². The molecule has 5 rings (SSSR count). The molecule has 2 aliphatic heterocycles. The molecule has 0 radical (unpaired) electrons. The highest BCUT2D eigenvalue weighted by Gasteiger charge is 2.41. The van der Waals surface area contributed by atoms with Crippen LogP contribution in [0.1, 0.15) is 78.1 Å². The first kappa shape index (κ1) is 27.5. The highest BCUT2D eigenvalue weighted by Crippen LogP contribution is 2.39. The second-order valence-electron chi connectivity index (χ2n) is 10.2. The van der Waals surface area contributed by atoms with Crippen LogP contribution in [0.4, 0.5) is 0 Å². The molecule has 2 atom stereocenters. The van der Waals surface area contributed by atoms with Gasteiger partial charge in [0.2, 0.25) is 0 Å². The second-order valence-corrected chi connectivity index (χ2v) is 12.6. The van der Waals surface area contributed by atoms with Crippen molar-refractivity contribution in [2.75, 3.05) is 26.2 Å². The van der Waals surface area contributed by atoms with Crippen LogP contribution in [0.15, 0.2) is 41.8 Å². The van der Waals surface area contributed by atoms with Gasteiger partial charge in [-0.25, -0.2) is 0 Å². The zero-order chi connectivity index (χ0) is 25.6. The van der Waals surface area contributed by atoms with Crippen molar-refractivity contribution >= 4 is 55.9 Å². The number of halogens is 1. The molecular formula is C29H37ClN2O2S2. The summed E-state index contributed by atoms with van der Waals surface area (Å²) in [4.78, 5) is 27.2. The maximum atomic E-state index is 12.9. The average Bonchev–Trinajstić information content (AvgIpc) is 3.64. The van der Waals surface area contributed by atoms with E-state index in [0.717, 1.165) is 80.9 Å². The molecule has 3 aromatic rings. The highest BCUT2D eigenvalue weighted by atomic mass is 35.5. The quantitative estimate of drug-likeness (QED) is 0.286. The first-order chi connectivity index (χ1) is 17.4. The normalized spacial score (nSPS) is 23.9. The molecule has 2 aliphatic rings. The Morgan fingerprint density at radius 1 is 0.944 bits per heavy atom. The topological polar surface area (TPSA) is 58.2 Å². The number of rotatable bonds is 8. The fraction of sp³-hybridized carbons (Fsp3) is 0.517. The van der Waals surface area contributed by atoms with Crippen molar-refractivity contribution in [3.05, 3.63) is 56.6 Å². The first-order valence-corrected chi connectivity index (χ1v) is 15.2. The van der Waals surface area contributed by atoms with Crippen LogP contribution in [0.5, 0.6) is 0 Å². The van der Waals surface area contributed by atoms with Crippen LogP contribution in [0, 0.1) is 10.8 Å². The van der Waals surface area contributed by atoms with Crippen LogP contribution in [-0.4, -0.2) is 37.7 Å². The van der Waals surface area contributed by atoms with Crippen molar-refractivity contribution in [1.82, 2.24) is 10.6 Å². The molecule has 36 heavy (non-hydrogen) atoms. The molecule has 4 nitrogen and oxygen atoms in total. The number of carbonyl (C=O) groups excluding carboxylic acids is 2. The molecule has 4 heterocycles. The Morgan fingerprint density at radius 2 is 1.64 bits per heavy atom. The van der Waals surface area contributed by atoms with E-state index in [0.29, 0.717) is 10.8 Å². The van der Waals surface area contributed by atoms with Gasteiger partial charge in [0.15, 0.2) is 11.6 Å². The molecular weight excluding hydrogens is 508 g/mol. The van der Waals surface area contributed by atoms with E-state index in [1.807, 2.05) is 23.6 Å². The lowest BCUT2D eigenvalue weighted by Gasteiger charge is -2.36. The summed E-state index contributed by atoms with van der Waals surface area (Å²) in [7, 11) is 0. The predicted molar refractivity (Wildman–Crippen MR) is 154 cm³/mol. The number of carbonyl (C=O) groups is 2. The van der Waals surface area contributed by atoms with Gasteiger partial charge in [-0.15, -0.1) is 22.7 Å². The van der Waals surface area contributed by atoms with E-state index < -0.39 is 0 Å². The fourth-order valence-electron chi connectivity index (χ4n) is 5.76. The van der Waals surface area contributed by atoms with Gasteiger partial charge < -0.3 is 10.6 Å². The summed E-state index contributed by atoms with van der Waals surface area (Å²) < 4.78 is 1.21. The van der Waals surface area contributed by atoms with Crippen molar-refractivity contribution in [2.24, 2.45) is 10.8 Å². The van der Waals surface area contributed by atoms with E-state index in [-0.39, 0.29) is 16.6 Å². The predicted octanol–water partition coefficient (Wildman–Crippen LogP) is 7.62. The third kappa shape index (κ3) is 5.78. The summed E-state index contributed by atoms with van der Waals surface area (Å²) in [6.07, 6.45) is 7.10. The van der Waals surface area contributed by atoms with Gasteiger partial charge >= 0.3 is 0 Å². The van der Waals surface area contributed by atoms with E-state index >= 15 is 0 Å². The molecule has 0 saturated carbocycles. The molecule has 2 saturated heterocycles. The number of piperidine rings is 1. The van der Waals surface area contributed by atoms with Gasteiger partial charge in [-0.1, -0.05) is 56.5 Å². The molecule has 0 bridgehead atoms. The minimum Gasteiger partial charge on any atom is -0.316 e.